The van der Waals surface area contributed by atoms with E-state index in [9.17, 15) is 18.0 Å². The average Bonchev–Trinajstić information content (AvgIpc) is 3.29. The number of benzene rings is 2. The van der Waals surface area contributed by atoms with Crippen molar-refractivity contribution in [3.63, 3.8) is 0 Å². The maximum atomic E-state index is 14.0. The van der Waals surface area contributed by atoms with E-state index >= 15 is 0 Å². The lowest BCUT2D eigenvalue weighted by Crippen LogP contribution is -2.44. The van der Waals surface area contributed by atoms with Crippen molar-refractivity contribution in [2.45, 2.75) is 11.0 Å². The monoisotopic (exact) mass is 512 g/mol. The Morgan fingerprint density at radius 1 is 1.09 bits per heavy atom. The summed E-state index contributed by atoms with van der Waals surface area (Å²) >= 11 is 11.1. The van der Waals surface area contributed by atoms with Gasteiger partial charge in [-0.25, -0.2) is 0 Å². The van der Waals surface area contributed by atoms with E-state index in [0.717, 1.165) is 19.2 Å². The molecule has 2 heterocycles. The van der Waals surface area contributed by atoms with Crippen LogP contribution in [0.2, 0.25) is 0 Å². The number of rotatable bonds is 5. The standard InChI is InChI=1S/C23H21Cl2F3N4O2/c1-31-8-10-32(11-9-31)18-7-3-6-16(23(26,27)28)20(18)17-13-19(34-30-17)14-4-2-5-15(12-14)29-22(33)21(24)25/h2-7,12-13,21H,8-11H2,1H3,(H,29,33). The van der Waals surface area contributed by atoms with Gasteiger partial charge in [-0.2, -0.15) is 13.2 Å². The van der Waals surface area contributed by atoms with Crippen LogP contribution in [0.4, 0.5) is 24.5 Å². The van der Waals surface area contributed by atoms with Gasteiger partial charge in [-0.05, 0) is 31.3 Å². The molecule has 0 spiro atoms. The normalized spacial score (nSPS) is 15.1. The van der Waals surface area contributed by atoms with E-state index in [0.29, 0.717) is 30.0 Å². The Kier molecular flexibility index (Phi) is 7.06. The Hall–Kier alpha value is -2.75. The zero-order chi connectivity index (χ0) is 24.5. The summed E-state index contributed by atoms with van der Waals surface area (Å²) in [4.78, 5) is 14.6. The second kappa shape index (κ2) is 9.85. The van der Waals surface area contributed by atoms with E-state index in [-0.39, 0.29) is 17.0 Å². The quantitative estimate of drug-likeness (QED) is 0.456. The first-order chi connectivity index (χ1) is 16.1. The summed E-state index contributed by atoms with van der Waals surface area (Å²) in [5.41, 5.74) is 0.654. The molecule has 180 valence electrons. The third-order valence-corrected chi connectivity index (χ3v) is 5.97. The van der Waals surface area contributed by atoms with E-state index in [1.807, 2.05) is 11.9 Å². The van der Waals surface area contributed by atoms with E-state index in [1.165, 1.54) is 12.1 Å². The smallest absolute Gasteiger partial charge is 0.368 e. The number of carbonyl (C=O) groups is 1. The van der Waals surface area contributed by atoms with Crippen LogP contribution in [-0.2, 0) is 11.0 Å². The van der Waals surface area contributed by atoms with Gasteiger partial charge in [0.05, 0.1) is 5.56 Å². The van der Waals surface area contributed by atoms with Gasteiger partial charge in [-0.3, -0.25) is 4.79 Å². The lowest BCUT2D eigenvalue weighted by molar-refractivity contribution is -0.137. The summed E-state index contributed by atoms with van der Waals surface area (Å²) in [7, 11) is 1.98. The number of nitrogens with zero attached hydrogens (tertiary/aromatic N) is 3. The van der Waals surface area contributed by atoms with Gasteiger partial charge in [0.25, 0.3) is 5.91 Å². The first-order valence-corrected chi connectivity index (χ1v) is 11.3. The Bertz CT molecular complexity index is 1180. The largest absolute Gasteiger partial charge is 0.417 e. The second-order valence-corrected chi connectivity index (χ2v) is 9.03. The second-order valence-electron chi connectivity index (χ2n) is 7.93. The van der Waals surface area contributed by atoms with Gasteiger partial charge >= 0.3 is 6.18 Å². The number of nitrogens with one attached hydrogen (secondary N) is 1. The van der Waals surface area contributed by atoms with E-state index in [1.54, 1.807) is 30.3 Å². The molecule has 1 fully saturated rings. The molecule has 6 nitrogen and oxygen atoms in total. The highest BCUT2D eigenvalue weighted by Crippen LogP contribution is 2.43. The van der Waals surface area contributed by atoms with Gasteiger partial charge in [-0.1, -0.05) is 46.6 Å². The number of piperazine rings is 1. The van der Waals surface area contributed by atoms with Gasteiger partial charge < -0.3 is 19.6 Å². The average molecular weight is 513 g/mol. The Morgan fingerprint density at radius 3 is 2.47 bits per heavy atom. The molecule has 0 radical (unpaired) electrons. The zero-order valence-electron chi connectivity index (χ0n) is 18.1. The van der Waals surface area contributed by atoms with Gasteiger partial charge in [0.1, 0.15) is 5.69 Å². The molecule has 4 rings (SSSR count). The Balaban J connectivity index is 1.73. The van der Waals surface area contributed by atoms with Crippen molar-refractivity contribution in [3.05, 3.63) is 54.1 Å². The predicted molar refractivity (Wildman–Crippen MR) is 126 cm³/mol. The third-order valence-electron chi connectivity index (χ3n) is 5.57. The number of anilines is 2. The topological polar surface area (TPSA) is 61.6 Å². The molecule has 0 saturated carbocycles. The molecule has 1 amide bonds. The number of amides is 1. The molecule has 0 atom stereocenters. The minimum atomic E-state index is -4.57. The molecular formula is C23H21Cl2F3N4O2. The predicted octanol–water partition coefficient (Wildman–Crippen LogP) is 5.52. The molecule has 0 bridgehead atoms. The number of hydrogen-bond donors (Lipinski definition) is 1. The van der Waals surface area contributed by atoms with Crippen LogP contribution in [0.15, 0.2) is 53.1 Å². The molecular weight excluding hydrogens is 492 g/mol. The summed E-state index contributed by atoms with van der Waals surface area (Å²) in [6.45, 7) is 2.67. The van der Waals surface area contributed by atoms with E-state index in [4.69, 9.17) is 27.7 Å². The van der Waals surface area contributed by atoms with Crippen molar-refractivity contribution >= 4 is 40.5 Å². The van der Waals surface area contributed by atoms with Crippen LogP contribution < -0.4 is 10.2 Å². The SMILES string of the molecule is CN1CCN(c2cccc(C(F)(F)F)c2-c2cc(-c3cccc(NC(=O)C(Cl)Cl)c3)on2)CC1. The number of halogens is 5. The van der Waals surface area contributed by atoms with E-state index < -0.39 is 22.5 Å². The first-order valence-electron chi connectivity index (χ1n) is 10.4. The molecule has 11 heteroatoms. The van der Waals surface area contributed by atoms with Gasteiger partial charge in [0.15, 0.2) is 10.6 Å². The first kappa shape index (κ1) is 24.4. The van der Waals surface area contributed by atoms with Crippen LogP contribution >= 0.6 is 23.2 Å². The number of hydrogen-bond acceptors (Lipinski definition) is 5. The summed E-state index contributed by atoms with van der Waals surface area (Å²) in [5.74, 6) is -0.352. The van der Waals surface area contributed by atoms with Crippen LogP contribution in [0.3, 0.4) is 0 Å². The number of alkyl halides is 5. The fraction of sp³-hybridized carbons (Fsp3) is 0.304. The van der Waals surface area contributed by atoms with Crippen LogP contribution in [0.5, 0.6) is 0 Å². The summed E-state index contributed by atoms with van der Waals surface area (Å²) in [6, 6.07) is 12.2. The highest BCUT2D eigenvalue weighted by molar-refractivity contribution is 6.54. The lowest BCUT2D eigenvalue weighted by atomic mass is 9.99. The maximum Gasteiger partial charge on any atom is 0.417 e. The van der Waals surface area contributed by atoms with Crippen LogP contribution in [0, 0.1) is 0 Å². The number of aromatic nitrogens is 1. The Labute approximate surface area is 204 Å². The third kappa shape index (κ3) is 5.32. The fourth-order valence-corrected chi connectivity index (χ4v) is 3.94. The number of likely N-dealkylation sites (N-methyl/N-ethyl adjacent to an activating group) is 1. The molecule has 1 aliphatic heterocycles. The van der Waals surface area contributed by atoms with Crippen LogP contribution in [-0.4, -0.2) is 54.0 Å². The van der Waals surface area contributed by atoms with Gasteiger partial charge in [0, 0.05) is 54.7 Å². The van der Waals surface area contributed by atoms with Crippen molar-refractivity contribution in [2.75, 3.05) is 43.4 Å². The van der Waals surface area contributed by atoms with Gasteiger partial charge in [-0.15, -0.1) is 0 Å². The highest BCUT2D eigenvalue weighted by atomic mass is 35.5. The number of carbonyl (C=O) groups excluding carboxylic acids is 1. The maximum absolute atomic E-state index is 14.0. The molecule has 0 aliphatic carbocycles. The summed E-state index contributed by atoms with van der Waals surface area (Å²) < 4.78 is 47.3. The molecule has 1 aliphatic rings. The van der Waals surface area contributed by atoms with Crippen LogP contribution in [0.25, 0.3) is 22.6 Å². The summed E-state index contributed by atoms with van der Waals surface area (Å²) in [6.07, 6.45) is -4.57. The van der Waals surface area contributed by atoms with Crippen molar-refractivity contribution in [1.82, 2.24) is 10.1 Å². The minimum Gasteiger partial charge on any atom is -0.368 e. The fourth-order valence-electron chi connectivity index (χ4n) is 3.83. The zero-order valence-corrected chi connectivity index (χ0v) is 19.6. The molecule has 34 heavy (non-hydrogen) atoms. The van der Waals surface area contributed by atoms with Crippen molar-refractivity contribution in [1.29, 1.82) is 0 Å². The highest BCUT2D eigenvalue weighted by Gasteiger charge is 2.36. The van der Waals surface area contributed by atoms with Crippen molar-refractivity contribution in [3.8, 4) is 22.6 Å². The molecule has 1 N–H and O–H groups in total. The van der Waals surface area contributed by atoms with Crippen molar-refractivity contribution in [2.24, 2.45) is 0 Å². The lowest BCUT2D eigenvalue weighted by Gasteiger charge is -2.35. The van der Waals surface area contributed by atoms with E-state index in [2.05, 4.69) is 15.4 Å². The van der Waals surface area contributed by atoms with Crippen molar-refractivity contribution < 1.29 is 22.5 Å². The van der Waals surface area contributed by atoms with Gasteiger partial charge in [0.2, 0.25) is 0 Å². The van der Waals surface area contributed by atoms with Crippen LogP contribution in [0.1, 0.15) is 5.56 Å². The Morgan fingerprint density at radius 2 is 1.79 bits per heavy atom. The molecule has 3 aromatic rings. The molecule has 1 aromatic heterocycles. The minimum absolute atomic E-state index is 0.0221. The molecule has 2 aromatic carbocycles. The molecule has 1 saturated heterocycles. The summed E-state index contributed by atoms with van der Waals surface area (Å²) in [5, 5.41) is 6.54. The molecule has 0 unspecified atom stereocenters.